The summed E-state index contributed by atoms with van der Waals surface area (Å²) in [5, 5.41) is 0. The topological polar surface area (TPSA) is 105 Å². The number of allylic oxidation sites excluding steroid dienone is 1. The monoisotopic (exact) mass is 564 g/mol. The van der Waals surface area contributed by atoms with Crippen LogP contribution in [-0.4, -0.2) is 36.8 Å². The SMILES string of the molecule is CCCCOc1ccc(C=c2sc3n(c2=O)C(c2ccc(OC(C)=O)c(OC)c2)C(C(=O)OCC)=C(C)N=3)cc1. The quantitative estimate of drug-likeness (QED) is 0.209. The Hall–Kier alpha value is -4.18. The number of hydrogen-bond acceptors (Lipinski definition) is 9. The molecule has 210 valence electrons. The van der Waals surface area contributed by atoms with Gasteiger partial charge in [-0.2, -0.15) is 0 Å². The molecule has 4 rings (SSSR count). The van der Waals surface area contributed by atoms with Gasteiger partial charge in [0.1, 0.15) is 5.75 Å². The van der Waals surface area contributed by atoms with E-state index in [1.165, 1.54) is 29.9 Å². The smallest absolute Gasteiger partial charge is 0.338 e. The predicted molar refractivity (Wildman–Crippen MR) is 152 cm³/mol. The highest BCUT2D eigenvalue weighted by molar-refractivity contribution is 7.07. The Morgan fingerprint density at radius 2 is 1.85 bits per heavy atom. The van der Waals surface area contributed by atoms with Crippen molar-refractivity contribution in [2.75, 3.05) is 20.3 Å². The number of thiazole rings is 1. The van der Waals surface area contributed by atoms with E-state index in [1.807, 2.05) is 24.3 Å². The average Bonchev–Trinajstić information content (AvgIpc) is 3.23. The van der Waals surface area contributed by atoms with E-state index >= 15 is 0 Å². The summed E-state index contributed by atoms with van der Waals surface area (Å²) < 4.78 is 23.8. The van der Waals surface area contributed by atoms with Gasteiger partial charge in [-0.15, -0.1) is 0 Å². The van der Waals surface area contributed by atoms with Crippen LogP contribution in [0.1, 0.15) is 57.7 Å². The summed E-state index contributed by atoms with van der Waals surface area (Å²) in [6.45, 7) is 7.66. The van der Waals surface area contributed by atoms with E-state index in [2.05, 4.69) is 11.9 Å². The molecule has 1 aromatic heterocycles. The van der Waals surface area contributed by atoms with Crippen LogP contribution >= 0.6 is 11.3 Å². The van der Waals surface area contributed by atoms with Crippen molar-refractivity contribution in [3.05, 3.63) is 84.5 Å². The van der Waals surface area contributed by atoms with Gasteiger partial charge < -0.3 is 18.9 Å². The molecule has 9 nitrogen and oxygen atoms in total. The van der Waals surface area contributed by atoms with Gasteiger partial charge in [0, 0.05) is 6.92 Å². The molecule has 0 fully saturated rings. The Balaban J connectivity index is 1.83. The number of nitrogens with zero attached hydrogens (tertiary/aromatic N) is 2. The van der Waals surface area contributed by atoms with Gasteiger partial charge in [-0.3, -0.25) is 14.2 Å². The average molecular weight is 565 g/mol. The molecule has 40 heavy (non-hydrogen) atoms. The van der Waals surface area contributed by atoms with Gasteiger partial charge in [-0.05, 0) is 61.7 Å². The number of benzene rings is 2. The molecule has 0 bridgehead atoms. The van der Waals surface area contributed by atoms with E-state index in [0.29, 0.717) is 27.2 Å². The summed E-state index contributed by atoms with van der Waals surface area (Å²) in [6.07, 6.45) is 3.83. The third-order valence-electron chi connectivity index (χ3n) is 6.22. The van der Waals surface area contributed by atoms with Crippen molar-refractivity contribution in [3.8, 4) is 17.2 Å². The molecule has 0 aliphatic carbocycles. The molecule has 2 heterocycles. The first-order valence-electron chi connectivity index (χ1n) is 13.1. The normalized spacial score (nSPS) is 14.8. The van der Waals surface area contributed by atoms with Gasteiger partial charge in [-0.25, -0.2) is 9.79 Å². The third-order valence-corrected chi connectivity index (χ3v) is 7.20. The minimum absolute atomic E-state index is 0.166. The van der Waals surface area contributed by atoms with Gasteiger partial charge in [0.2, 0.25) is 0 Å². The van der Waals surface area contributed by atoms with E-state index in [0.717, 1.165) is 24.2 Å². The number of esters is 2. The number of rotatable bonds is 10. The predicted octanol–water partition coefficient (Wildman–Crippen LogP) is 3.91. The van der Waals surface area contributed by atoms with Gasteiger partial charge in [0.25, 0.3) is 5.56 Å². The molecule has 0 amide bonds. The standard InChI is InChI=1S/C30H32N2O7S/c1-6-8-15-38-22-12-9-20(10-13-22)16-25-28(34)32-27(21-11-14-23(39-19(4)33)24(17-21)36-5)26(29(35)37-7-2)18(3)31-30(32)40-25/h9-14,16-17,27H,6-8,15H2,1-5H3. The third kappa shape index (κ3) is 6.17. The molecule has 1 aliphatic rings. The molecular formula is C30H32N2O7S. The summed E-state index contributed by atoms with van der Waals surface area (Å²) in [5.41, 5.74) is 1.81. The first-order valence-corrected chi connectivity index (χ1v) is 13.9. The second kappa shape index (κ2) is 12.8. The molecule has 0 spiro atoms. The van der Waals surface area contributed by atoms with E-state index in [4.69, 9.17) is 18.9 Å². The van der Waals surface area contributed by atoms with Crippen LogP contribution in [-0.2, 0) is 14.3 Å². The fourth-order valence-corrected chi connectivity index (χ4v) is 5.39. The van der Waals surface area contributed by atoms with Crippen molar-refractivity contribution in [3.63, 3.8) is 0 Å². The van der Waals surface area contributed by atoms with Gasteiger partial charge >= 0.3 is 11.9 Å². The molecule has 3 aromatic rings. The maximum atomic E-state index is 13.8. The van der Waals surface area contributed by atoms with Crippen molar-refractivity contribution >= 4 is 29.4 Å². The second-order valence-electron chi connectivity index (χ2n) is 9.08. The van der Waals surface area contributed by atoms with E-state index in [1.54, 1.807) is 38.1 Å². The lowest BCUT2D eigenvalue weighted by Crippen LogP contribution is -2.40. The molecule has 0 N–H and O–H groups in total. The second-order valence-corrected chi connectivity index (χ2v) is 10.1. The summed E-state index contributed by atoms with van der Waals surface area (Å²) in [4.78, 5) is 43.6. The van der Waals surface area contributed by atoms with Crippen LogP contribution in [0.5, 0.6) is 17.2 Å². The molecule has 0 saturated carbocycles. The van der Waals surface area contributed by atoms with E-state index < -0.39 is 18.0 Å². The first-order chi connectivity index (χ1) is 19.3. The van der Waals surface area contributed by atoms with E-state index in [-0.39, 0.29) is 29.2 Å². The van der Waals surface area contributed by atoms with Crippen LogP contribution in [0, 0.1) is 0 Å². The number of unbranched alkanes of at least 4 members (excludes halogenated alkanes) is 1. The zero-order valence-electron chi connectivity index (χ0n) is 23.2. The van der Waals surface area contributed by atoms with Crippen LogP contribution in [0.25, 0.3) is 6.08 Å². The maximum Gasteiger partial charge on any atom is 0.338 e. The Morgan fingerprint density at radius 1 is 1.10 bits per heavy atom. The highest BCUT2D eigenvalue weighted by Gasteiger charge is 2.34. The minimum Gasteiger partial charge on any atom is -0.494 e. The van der Waals surface area contributed by atoms with Gasteiger partial charge in [-0.1, -0.05) is 42.9 Å². The van der Waals surface area contributed by atoms with Crippen molar-refractivity contribution in [2.45, 2.75) is 46.6 Å². The van der Waals surface area contributed by atoms with Crippen LogP contribution in [0.3, 0.4) is 0 Å². The van der Waals surface area contributed by atoms with Crippen LogP contribution < -0.4 is 29.1 Å². The lowest BCUT2D eigenvalue weighted by Gasteiger charge is -2.25. The molecule has 0 saturated heterocycles. The zero-order chi connectivity index (χ0) is 28.8. The molecule has 1 unspecified atom stereocenters. The van der Waals surface area contributed by atoms with Crippen LogP contribution in [0.15, 0.2) is 63.5 Å². The lowest BCUT2D eigenvalue weighted by molar-refractivity contribution is -0.139. The summed E-state index contributed by atoms with van der Waals surface area (Å²) >= 11 is 1.24. The maximum absolute atomic E-state index is 13.8. The molecule has 0 radical (unpaired) electrons. The zero-order valence-corrected chi connectivity index (χ0v) is 24.0. The summed E-state index contributed by atoms with van der Waals surface area (Å²) in [7, 11) is 1.45. The number of carbonyl (C=O) groups is 2. The first kappa shape index (κ1) is 28.8. The number of ether oxygens (including phenoxy) is 4. The number of methoxy groups -OCH3 is 1. The molecular weight excluding hydrogens is 532 g/mol. The minimum atomic E-state index is -0.827. The molecule has 10 heteroatoms. The highest BCUT2D eigenvalue weighted by atomic mass is 32.1. The van der Waals surface area contributed by atoms with Crippen LogP contribution in [0.2, 0.25) is 0 Å². The van der Waals surface area contributed by atoms with Crippen molar-refractivity contribution < 1.29 is 28.5 Å². The van der Waals surface area contributed by atoms with Crippen LogP contribution in [0.4, 0.5) is 0 Å². The van der Waals surface area contributed by atoms with Crippen molar-refractivity contribution in [1.29, 1.82) is 0 Å². The van der Waals surface area contributed by atoms with Gasteiger partial charge in [0.05, 0.1) is 42.2 Å². The van der Waals surface area contributed by atoms with E-state index in [9.17, 15) is 14.4 Å². The fraction of sp³-hybridized carbons (Fsp3) is 0.333. The number of aromatic nitrogens is 1. The summed E-state index contributed by atoms with van der Waals surface area (Å²) in [6, 6.07) is 11.6. The van der Waals surface area contributed by atoms with Crippen molar-refractivity contribution in [2.24, 2.45) is 4.99 Å². The van der Waals surface area contributed by atoms with Crippen molar-refractivity contribution in [1.82, 2.24) is 4.57 Å². The molecule has 1 aliphatic heterocycles. The molecule has 1 atom stereocenters. The Morgan fingerprint density at radius 3 is 2.50 bits per heavy atom. The number of hydrogen-bond donors (Lipinski definition) is 0. The lowest BCUT2D eigenvalue weighted by atomic mass is 9.95. The largest absolute Gasteiger partial charge is 0.494 e. The number of fused-ring (bicyclic) bond motifs is 1. The van der Waals surface area contributed by atoms with Gasteiger partial charge in [0.15, 0.2) is 16.3 Å². The Labute approximate surface area is 236 Å². The summed E-state index contributed by atoms with van der Waals surface area (Å²) in [5.74, 6) is 0.223. The highest BCUT2D eigenvalue weighted by Crippen LogP contribution is 2.36. The molecule has 2 aromatic carbocycles. The number of carbonyl (C=O) groups excluding carboxylic acids is 2. The Bertz CT molecular complexity index is 1620. The Kier molecular flexibility index (Phi) is 9.21. The fourth-order valence-electron chi connectivity index (χ4n) is 4.35.